The summed E-state index contributed by atoms with van der Waals surface area (Å²) in [6.07, 6.45) is 1.44. The van der Waals surface area contributed by atoms with Crippen LogP contribution in [0.4, 0.5) is 0 Å². The highest BCUT2D eigenvalue weighted by atomic mass is 127. The molecule has 0 amide bonds. The molecule has 0 aliphatic heterocycles. The van der Waals surface area contributed by atoms with E-state index in [1.807, 2.05) is 0 Å². The molecule has 14 heavy (non-hydrogen) atoms. The van der Waals surface area contributed by atoms with Gasteiger partial charge in [0.05, 0.1) is 6.10 Å². The van der Waals surface area contributed by atoms with Gasteiger partial charge in [0.2, 0.25) is 0 Å². The highest BCUT2D eigenvalue weighted by molar-refractivity contribution is 14.1. The van der Waals surface area contributed by atoms with Crippen molar-refractivity contribution in [1.29, 1.82) is 0 Å². The maximum Gasteiger partial charge on any atom is 0.171 e. The summed E-state index contributed by atoms with van der Waals surface area (Å²) in [4.78, 5) is 0. The fraction of sp³-hybridized carbons (Fsp3) is 0.455. The first kappa shape index (κ1) is 12.2. The quantitative estimate of drug-likeness (QED) is 0.458. The summed E-state index contributed by atoms with van der Waals surface area (Å²) >= 11 is 2.41. The zero-order chi connectivity index (χ0) is 10.4. The molecule has 0 aromatic heterocycles. The van der Waals surface area contributed by atoms with Gasteiger partial charge in [-0.1, -0.05) is 52.9 Å². The zero-order valence-corrected chi connectivity index (χ0v) is 12.1. The second kappa shape index (κ2) is 6.58. The molecule has 0 saturated carbocycles. The summed E-state index contributed by atoms with van der Waals surface area (Å²) in [6.45, 7) is 4.45. The molecule has 0 fully saturated rings. The number of rotatable bonds is 5. The van der Waals surface area contributed by atoms with E-state index in [0.717, 1.165) is 10.8 Å². The number of hydrogen-bond donors (Lipinski definition) is 0. The Morgan fingerprint density at radius 3 is 2.43 bits per heavy atom. The molecule has 0 saturated heterocycles. The maximum absolute atomic E-state index is 6.01. The summed E-state index contributed by atoms with van der Waals surface area (Å²) in [6, 6.07) is 10.5. The van der Waals surface area contributed by atoms with Crippen molar-refractivity contribution in [1.82, 2.24) is 0 Å². The highest BCUT2D eigenvalue weighted by Gasteiger charge is 2.12. The van der Waals surface area contributed by atoms with Gasteiger partial charge in [-0.15, -0.1) is 0 Å². The van der Waals surface area contributed by atoms with Crippen molar-refractivity contribution in [2.75, 3.05) is 4.43 Å². The summed E-state index contributed by atoms with van der Waals surface area (Å²) in [5, 5.41) is 0. The fourth-order valence-electron chi connectivity index (χ4n) is 1.41. The summed E-state index contributed by atoms with van der Waals surface area (Å²) < 4.78 is 7.16. The predicted octanol–water partition coefficient (Wildman–Crippen LogP) is 3.55. The first-order valence-electron chi connectivity index (χ1n) is 5.00. The second-order valence-corrected chi connectivity index (χ2v) is 7.01. The van der Waals surface area contributed by atoms with Gasteiger partial charge in [0, 0.05) is 4.43 Å². The molecule has 1 atom stereocenters. The average molecular weight is 320 g/mol. The first-order chi connectivity index (χ1) is 6.74. The van der Waals surface area contributed by atoms with Gasteiger partial charge in [0.15, 0.2) is 9.04 Å². The van der Waals surface area contributed by atoms with Crippen molar-refractivity contribution in [3.8, 4) is 0 Å². The largest absolute Gasteiger partial charge is 0.414 e. The van der Waals surface area contributed by atoms with Crippen LogP contribution in [0.25, 0.3) is 0 Å². The molecule has 3 heteroatoms. The van der Waals surface area contributed by atoms with Crippen molar-refractivity contribution < 1.29 is 4.43 Å². The SMILES string of the molecule is C[SiH](C)OC(CCI)c1ccccc1. The topological polar surface area (TPSA) is 9.23 Å². The van der Waals surface area contributed by atoms with E-state index in [9.17, 15) is 0 Å². The molecular formula is C11H17IOSi. The third-order valence-corrected chi connectivity index (χ3v) is 3.47. The molecule has 0 spiro atoms. The van der Waals surface area contributed by atoms with Crippen molar-refractivity contribution in [3.63, 3.8) is 0 Å². The summed E-state index contributed by atoms with van der Waals surface area (Å²) in [5.41, 5.74) is 1.32. The Morgan fingerprint density at radius 1 is 1.29 bits per heavy atom. The van der Waals surface area contributed by atoms with E-state index in [1.54, 1.807) is 0 Å². The average Bonchev–Trinajstić information content (AvgIpc) is 2.18. The molecule has 0 heterocycles. The molecule has 1 unspecified atom stereocenters. The van der Waals surface area contributed by atoms with E-state index in [4.69, 9.17) is 4.43 Å². The summed E-state index contributed by atoms with van der Waals surface area (Å²) in [7, 11) is -0.933. The van der Waals surface area contributed by atoms with Gasteiger partial charge in [0.1, 0.15) is 0 Å². The van der Waals surface area contributed by atoms with Crippen LogP contribution in [0.3, 0.4) is 0 Å². The molecule has 1 aromatic rings. The van der Waals surface area contributed by atoms with Gasteiger partial charge in [0.25, 0.3) is 0 Å². The van der Waals surface area contributed by atoms with Crippen molar-refractivity contribution in [3.05, 3.63) is 35.9 Å². The van der Waals surface area contributed by atoms with E-state index < -0.39 is 9.04 Å². The van der Waals surface area contributed by atoms with Crippen molar-refractivity contribution >= 4 is 31.6 Å². The van der Waals surface area contributed by atoms with Crippen molar-refractivity contribution in [2.45, 2.75) is 25.6 Å². The smallest absolute Gasteiger partial charge is 0.171 e. The number of halogens is 1. The van der Waals surface area contributed by atoms with Gasteiger partial charge in [-0.2, -0.15) is 0 Å². The normalized spacial score (nSPS) is 13.1. The molecule has 0 radical (unpaired) electrons. The van der Waals surface area contributed by atoms with Crippen LogP contribution in [0.1, 0.15) is 18.1 Å². The lowest BCUT2D eigenvalue weighted by Crippen LogP contribution is -2.14. The van der Waals surface area contributed by atoms with E-state index >= 15 is 0 Å². The minimum Gasteiger partial charge on any atom is -0.414 e. The van der Waals surface area contributed by atoms with E-state index in [-0.39, 0.29) is 0 Å². The fourth-order valence-corrected chi connectivity index (χ4v) is 2.92. The van der Waals surface area contributed by atoms with Crippen LogP contribution < -0.4 is 0 Å². The van der Waals surface area contributed by atoms with E-state index in [0.29, 0.717) is 6.10 Å². The number of benzene rings is 1. The van der Waals surface area contributed by atoms with Gasteiger partial charge in [-0.25, -0.2) is 0 Å². The van der Waals surface area contributed by atoms with Crippen LogP contribution in [-0.2, 0) is 4.43 Å². The Kier molecular flexibility index (Phi) is 5.73. The number of hydrogen-bond acceptors (Lipinski definition) is 1. The van der Waals surface area contributed by atoms with Crippen LogP contribution in [0.5, 0.6) is 0 Å². The summed E-state index contributed by atoms with van der Waals surface area (Å²) in [5.74, 6) is 0. The molecule has 0 aliphatic rings. The molecule has 1 nitrogen and oxygen atoms in total. The highest BCUT2D eigenvalue weighted by Crippen LogP contribution is 2.22. The lowest BCUT2D eigenvalue weighted by Gasteiger charge is -2.19. The van der Waals surface area contributed by atoms with E-state index in [1.165, 1.54) is 5.56 Å². The van der Waals surface area contributed by atoms with Gasteiger partial charge in [-0.05, 0) is 25.1 Å². The Balaban J connectivity index is 2.67. The third-order valence-electron chi connectivity index (χ3n) is 1.98. The molecule has 78 valence electrons. The van der Waals surface area contributed by atoms with Crippen LogP contribution in [0.2, 0.25) is 13.1 Å². The number of alkyl halides is 1. The minimum atomic E-state index is -0.933. The van der Waals surface area contributed by atoms with Crippen LogP contribution in [0.15, 0.2) is 30.3 Å². The Bertz CT molecular complexity index is 251. The van der Waals surface area contributed by atoms with Crippen LogP contribution in [-0.4, -0.2) is 13.5 Å². The molecule has 1 aromatic carbocycles. The minimum absolute atomic E-state index is 0.319. The molecule has 0 aliphatic carbocycles. The monoisotopic (exact) mass is 320 g/mol. The Labute approximate surface area is 102 Å². The Morgan fingerprint density at radius 2 is 1.93 bits per heavy atom. The maximum atomic E-state index is 6.01. The zero-order valence-electron chi connectivity index (χ0n) is 8.74. The van der Waals surface area contributed by atoms with Crippen LogP contribution >= 0.6 is 22.6 Å². The standard InChI is InChI=1S/C11H17IOSi/c1-14(2)13-11(8-9-12)10-6-4-3-5-7-10/h3-7,11,14H,8-9H2,1-2H3. The second-order valence-electron chi connectivity index (χ2n) is 3.56. The molecular weight excluding hydrogens is 303 g/mol. The van der Waals surface area contributed by atoms with Gasteiger partial charge < -0.3 is 4.43 Å². The lowest BCUT2D eigenvalue weighted by molar-refractivity contribution is 0.207. The molecule has 1 rings (SSSR count). The van der Waals surface area contributed by atoms with E-state index in [2.05, 4.69) is 66.0 Å². The van der Waals surface area contributed by atoms with Crippen molar-refractivity contribution in [2.24, 2.45) is 0 Å². The first-order valence-corrected chi connectivity index (χ1v) is 9.31. The third kappa shape index (κ3) is 4.10. The Hall–Kier alpha value is 0.127. The molecule has 0 N–H and O–H groups in total. The predicted molar refractivity (Wildman–Crippen MR) is 72.6 cm³/mol. The molecule has 0 bridgehead atoms. The lowest BCUT2D eigenvalue weighted by atomic mass is 10.1. The van der Waals surface area contributed by atoms with Crippen LogP contribution in [0, 0.1) is 0 Å². The van der Waals surface area contributed by atoms with Gasteiger partial charge >= 0.3 is 0 Å². The van der Waals surface area contributed by atoms with Gasteiger partial charge in [-0.3, -0.25) is 0 Å².